The van der Waals surface area contributed by atoms with Crippen molar-refractivity contribution in [2.24, 2.45) is 0 Å². The number of para-hydroxylation sites is 1. The monoisotopic (exact) mass is 261 g/mol. The number of nitrogens with zero attached hydrogens (tertiary/aromatic N) is 3. The number of benzene rings is 1. The van der Waals surface area contributed by atoms with Crippen LogP contribution >= 0.6 is 0 Å². The van der Waals surface area contributed by atoms with Gasteiger partial charge in [0.15, 0.2) is 0 Å². The third kappa shape index (κ3) is 2.46. The molecule has 0 amide bonds. The summed E-state index contributed by atoms with van der Waals surface area (Å²) < 4.78 is 1.92. The number of hydrogen-bond donors (Lipinski definition) is 1. The summed E-state index contributed by atoms with van der Waals surface area (Å²) in [6.07, 6.45) is 1.71. The van der Waals surface area contributed by atoms with Crippen molar-refractivity contribution in [1.29, 1.82) is 0 Å². The number of carboxylic acids is 1. The highest BCUT2D eigenvalue weighted by Crippen LogP contribution is 2.22. The molecule has 0 bridgehead atoms. The minimum Gasteiger partial charge on any atom is -0.478 e. The van der Waals surface area contributed by atoms with Crippen molar-refractivity contribution < 1.29 is 9.90 Å². The van der Waals surface area contributed by atoms with Crippen molar-refractivity contribution in [3.05, 3.63) is 30.1 Å². The van der Waals surface area contributed by atoms with Crippen LogP contribution in [0.2, 0.25) is 0 Å². The van der Waals surface area contributed by atoms with Gasteiger partial charge in [-0.15, -0.1) is 0 Å². The van der Waals surface area contributed by atoms with Gasteiger partial charge in [0.05, 0.1) is 22.9 Å². The highest BCUT2D eigenvalue weighted by Gasteiger charge is 2.23. The lowest BCUT2D eigenvalue weighted by molar-refractivity contribution is 0.0698. The first-order valence-corrected chi connectivity index (χ1v) is 6.17. The SMILES string of the molecule is CN(C)C(C)(C)Cn1cnc2cccc(C(=O)O)c21. The van der Waals surface area contributed by atoms with E-state index in [2.05, 4.69) is 23.7 Å². The van der Waals surface area contributed by atoms with Crippen LogP contribution in [-0.2, 0) is 6.54 Å². The minimum absolute atomic E-state index is 0.0841. The van der Waals surface area contributed by atoms with Gasteiger partial charge in [-0.05, 0) is 40.1 Å². The fourth-order valence-corrected chi connectivity index (χ4v) is 1.98. The smallest absolute Gasteiger partial charge is 0.337 e. The molecule has 2 aromatic rings. The average molecular weight is 261 g/mol. The molecule has 0 saturated carbocycles. The Hall–Kier alpha value is -1.88. The minimum atomic E-state index is -0.921. The maximum atomic E-state index is 11.3. The van der Waals surface area contributed by atoms with Crippen LogP contribution < -0.4 is 0 Å². The normalized spacial score (nSPS) is 12.3. The fourth-order valence-electron chi connectivity index (χ4n) is 1.98. The van der Waals surface area contributed by atoms with Gasteiger partial charge >= 0.3 is 5.97 Å². The molecule has 1 aromatic heterocycles. The number of aromatic carboxylic acids is 1. The van der Waals surface area contributed by atoms with Gasteiger partial charge < -0.3 is 14.6 Å². The Morgan fingerprint density at radius 2 is 2.11 bits per heavy atom. The molecule has 1 N–H and O–H groups in total. The highest BCUT2D eigenvalue weighted by atomic mass is 16.4. The van der Waals surface area contributed by atoms with Gasteiger partial charge in [-0.3, -0.25) is 0 Å². The largest absolute Gasteiger partial charge is 0.478 e. The second kappa shape index (κ2) is 4.66. The molecule has 0 saturated heterocycles. The predicted octanol–water partition coefficient (Wildman–Crippen LogP) is 2.07. The molecule has 0 aliphatic heterocycles. The second-order valence-electron chi connectivity index (χ2n) is 5.56. The predicted molar refractivity (Wildman–Crippen MR) is 74.5 cm³/mol. The molecule has 1 aromatic carbocycles. The number of hydrogen-bond acceptors (Lipinski definition) is 3. The third-order valence-corrected chi connectivity index (χ3v) is 3.64. The molecular weight excluding hydrogens is 242 g/mol. The van der Waals surface area contributed by atoms with E-state index in [0.29, 0.717) is 17.6 Å². The molecule has 1 heterocycles. The van der Waals surface area contributed by atoms with E-state index in [9.17, 15) is 9.90 Å². The molecule has 5 nitrogen and oxygen atoms in total. The third-order valence-electron chi connectivity index (χ3n) is 3.64. The summed E-state index contributed by atoms with van der Waals surface area (Å²) in [7, 11) is 4.02. The Bertz CT molecular complexity index is 614. The van der Waals surface area contributed by atoms with E-state index in [0.717, 1.165) is 5.52 Å². The van der Waals surface area contributed by atoms with Crippen LogP contribution in [0, 0.1) is 0 Å². The van der Waals surface area contributed by atoms with Crippen molar-refractivity contribution in [2.45, 2.75) is 25.9 Å². The van der Waals surface area contributed by atoms with Crippen LogP contribution in [0.5, 0.6) is 0 Å². The summed E-state index contributed by atoms with van der Waals surface area (Å²) in [5.41, 5.74) is 1.61. The number of carbonyl (C=O) groups is 1. The summed E-state index contributed by atoms with van der Waals surface area (Å²) in [5.74, 6) is -0.921. The Kier molecular flexibility index (Phi) is 3.32. The maximum Gasteiger partial charge on any atom is 0.337 e. The summed E-state index contributed by atoms with van der Waals surface area (Å²) >= 11 is 0. The van der Waals surface area contributed by atoms with Crippen molar-refractivity contribution in [2.75, 3.05) is 14.1 Å². The lowest BCUT2D eigenvalue weighted by Crippen LogP contribution is -2.41. The van der Waals surface area contributed by atoms with E-state index >= 15 is 0 Å². The molecule has 0 unspecified atom stereocenters. The zero-order valence-electron chi connectivity index (χ0n) is 11.7. The van der Waals surface area contributed by atoms with Crippen LogP contribution in [0.25, 0.3) is 11.0 Å². The first kappa shape index (κ1) is 13.5. The van der Waals surface area contributed by atoms with E-state index in [1.165, 1.54) is 0 Å². The van der Waals surface area contributed by atoms with E-state index in [1.54, 1.807) is 18.5 Å². The van der Waals surface area contributed by atoms with Crippen molar-refractivity contribution in [3.8, 4) is 0 Å². The molecule has 0 spiro atoms. The molecule has 0 aliphatic carbocycles. The number of carboxylic acid groups (broad SMARTS) is 1. The molecule has 0 radical (unpaired) electrons. The Labute approximate surface area is 112 Å². The molecule has 102 valence electrons. The van der Waals surface area contributed by atoms with E-state index in [-0.39, 0.29) is 5.54 Å². The van der Waals surface area contributed by atoms with Crippen LogP contribution in [0.1, 0.15) is 24.2 Å². The Morgan fingerprint density at radius 1 is 1.42 bits per heavy atom. The van der Waals surface area contributed by atoms with E-state index in [4.69, 9.17) is 0 Å². The Morgan fingerprint density at radius 3 is 2.68 bits per heavy atom. The lowest BCUT2D eigenvalue weighted by atomic mass is 10.0. The summed E-state index contributed by atoms with van der Waals surface area (Å²) in [4.78, 5) is 17.7. The van der Waals surface area contributed by atoms with Gasteiger partial charge in [-0.25, -0.2) is 9.78 Å². The quantitative estimate of drug-likeness (QED) is 0.915. The highest BCUT2D eigenvalue weighted by molar-refractivity contribution is 6.01. The number of fused-ring (bicyclic) bond motifs is 1. The van der Waals surface area contributed by atoms with Crippen LogP contribution in [0.15, 0.2) is 24.5 Å². The van der Waals surface area contributed by atoms with E-state index < -0.39 is 5.97 Å². The zero-order chi connectivity index (χ0) is 14.2. The molecular formula is C14H19N3O2. The number of likely N-dealkylation sites (N-methyl/N-ethyl adjacent to an activating group) is 1. The lowest BCUT2D eigenvalue weighted by Gasteiger charge is -2.33. The molecule has 19 heavy (non-hydrogen) atoms. The molecule has 2 rings (SSSR count). The number of imidazole rings is 1. The standard InChI is InChI=1S/C14H19N3O2/c1-14(2,16(3)4)8-17-9-15-11-7-5-6-10(12(11)17)13(18)19/h5-7,9H,8H2,1-4H3,(H,18,19). The first-order valence-electron chi connectivity index (χ1n) is 6.17. The van der Waals surface area contributed by atoms with Crippen molar-refractivity contribution in [3.63, 3.8) is 0 Å². The average Bonchev–Trinajstić information content (AvgIpc) is 2.71. The van der Waals surface area contributed by atoms with Gasteiger partial charge in [-0.2, -0.15) is 0 Å². The topological polar surface area (TPSA) is 58.4 Å². The fraction of sp³-hybridized carbons (Fsp3) is 0.429. The molecule has 5 heteroatoms. The molecule has 0 aliphatic rings. The van der Waals surface area contributed by atoms with Gasteiger partial charge in [-0.1, -0.05) is 6.07 Å². The van der Waals surface area contributed by atoms with Gasteiger partial charge in [0.25, 0.3) is 0 Å². The zero-order valence-corrected chi connectivity index (χ0v) is 11.7. The molecule has 0 fully saturated rings. The van der Waals surface area contributed by atoms with Crippen LogP contribution in [0.3, 0.4) is 0 Å². The van der Waals surface area contributed by atoms with E-state index in [1.807, 2.05) is 24.7 Å². The number of rotatable bonds is 4. The first-order chi connectivity index (χ1) is 8.83. The molecule has 0 atom stereocenters. The number of aromatic nitrogens is 2. The second-order valence-corrected chi connectivity index (χ2v) is 5.56. The summed E-state index contributed by atoms with van der Waals surface area (Å²) in [6, 6.07) is 5.17. The van der Waals surface area contributed by atoms with Crippen molar-refractivity contribution >= 4 is 17.0 Å². The van der Waals surface area contributed by atoms with Gasteiger partial charge in [0, 0.05) is 12.1 Å². The van der Waals surface area contributed by atoms with Gasteiger partial charge in [0.2, 0.25) is 0 Å². The maximum absolute atomic E-state index is 11.3. The Balaban J connectivity index is 2.53. The van der Waals surface area contributed by atoms with Crippen LogP contribution in [0.4, 0.5) is 0 Å². The van der Waals surface area contributed by atoms with Crippen molar-refractivity contribution in [1.82, 2.24) is 14.5 Å². The summed E-state index contributed by atoms with van der Waals surface area (Å²) in [5, 5.41) is 9.28. The van der Waals surface area contributed by atoms with Crippen LogP contribution in [-0.4, -0.2) is 45.2 Å². The van der Waals surface area contributed by atoms with Gasteiger partial charge in [0.1, 0.15) is 0 Å². The summed E-state index contributed by atoms with van der Waals surface area (Å²) in [6.45, 7) is 4.91.